The summed E-state index contributed by atoms with van der Waals surface area (Å²) in [5.41, 5.74) is 2.77. The van der Waals surface area contributed by atoms with Crippen molar-refractivity contribution in [2.45, 2.75) is 19.4 Å². The van der Waals surface area contributed by atoms with Crippen molar-refractivity contribution in [3.05, 3.63) is 72.6 Å². The van der Waals surface area contributed by atoms with E-state index in [2.05, 4.69) is 25.4 Å². The first-order chi connectivity index (χ1) is 13.8. The molecular weight excluding hydrogens is 350 g/mol. The summed E-state index contributed by atoms with van der Waals surface area (Å²) in [6.45, 7) is 2.01. The molecule has 1 amide bonds. The highest BCUT2D eigenvalue weighted by Crippen LogP contribution is 2.23. The molecule has 6 nitrogen and oxygen atoms in total. The van der Waals surface area contributed by atoms with E-state index in [1.54, 1.807) is 6.20 Å². The Kier molecular flexibility index (Phi) is 5.56. The van der Waals surface area contributed by atoms with Crippen LogP contribution in [0.25, 0.3) is 11.3 Å². The predicted octanol–water partition coefficient (Wildman–Crippen LogP) is 3.07. The van der Waals surface area contributed by atoms with E-state index >= 15 is 0 Å². The molecule has 1 N–H and O–H groups in total. The van der Waals surface area contributed by atoms with Crippen molar-refractivity contribution >= 4 is 11.7 Å². The molecule has 3 heterocycles. The van der Waals surface area contributed by atoms with Crippen LogP contribution in [0.4, 0.5) is 5.82 Å². The average molecular weight is 373 g/mol. The Morgan fingerprint density at radius 1 is 1.04 bits per heavy atom. The van der Waals surface area contributed by atoms with E-state index in [0.717, 1.165) is 42.2 Å². The lowest BCUT2D eigenvalue weighted by Gasteiger charge is -2.32. The number of carbonyl (C=O) groups excluding carboxylic acids is 1. The zero-order valence-electron chi connectivity index (χ0n) is 15.7. The Hall–Kier alpha value is -3.28. The van der Waals surface area contributed by atoms with Crippen LogP contribution in [0, 0.1) is 5.92 Å². The molecular formula is C22H23N5O. The van der Waals surface area contributed by atoms with Crippen LogP contribution >= 0.6 is 0 Å². The number of anilines is 1. The molecule has 2 aromatic heterocycles. The van der Waals surface area contributed by atoms with Crippen LogP contribution in [0.3, 0.4) is 0 Å². The molecule has 0 radical (unpaired) electrons. The largest absolute Gasteiger partial charge is 0.354 e. The van der Waals surface area contributed by atoms with Gasteiger partial charge in [0.15, 0.2) is 5.82 Å². The van der Waals surface area contributed by atoms with Gasteiger partial charge in [0.1, 0.15) is 0 Å². The number of nitrogens with zero attached hydrogens (tertiary/aromatic N) is 4. The fourth-order valence-electron chi connectivity index (χ4n) is 3.48. The van der Waals surface area contributed by atoms with Gasteiger partial charge >= 0.3 is 0 Å². The maximum absolute atomic E-state index is 12.6. The third kappa shape index (κ3) is 4.34. The molecule has 1 fully saturated rings. The molecule has 1 unspecified atom stereocenters. The van der Waals surface area contributed by atoms with Crippen LogP contribution in [0.2, 0.25) is 0 Å². The Balaban J connectivity index is 1.37. The molecule has 142 valence electrons. The molecule has 1 aliphatic heterocycles. The van der Waals surface area contributed by atoms with Gasteiger partial charge in [-0.15, -0.1) is 10.2 Å². The van der Waals surface area contributed by atoms with Crippen molar-refractivity contribution in [3.63, 3.8) is 0 Å². The third-order valence-corrected chi connectivity index (χ3v) is 5.01. The number of hydrogen-bond donors (Lipinski definition) is 1. The summed E-state index contributed by atoms with van der Waals surface area (Å²) in [5.74, 6) is 0.846. The molecule has 1 aliphatic rings. The van der Waals surface area contributed by atoms with Crippen LogP contribution in [-0.4, -0.2) is 34.2 Å². The van der Waals surface area contributed by atoms with Crippen LogP contribution < -0.4 is 10.2 Å². The summed E-state index contributed by atoms with van der Waals surface area (Å²) in [6.07, 6.45) is 3.59. The van der Waals surface area contributed by atoms with E-state index in [9.17, 15) is 4.79 Å². The van der Waals surface area contributed by atoms with Crippen molar-refractivity contribution < 1.29 is 4.79 Å². The number of benzene rings is 1. The van der Waals surface area contributed by atoms with Gasteiger partial charge in [-0.05, 0) is 37.1 Å². The smallest absolute Gasteiger partial charge is 0.225 e. The van der Waals surface area contributed by atoms with E-state index < -0.39 is 0 Å². The molecule has 1 aromatic carbocycles. The number of pyridine rings is 1. The van der Waals surface area contributed by atoms with E-state index in [0.29, 0.717) is 13.1 Å². The second-order valence-electron chi connectivity index (χ2n) is 6.97. The lowest BCUT2D eigenvalue weighted by molar-refractivity contribution is -0.125. The summed E-state index contributed by atoms with van der Waals surface area (Å²) in [6, 6.07) is 19.7. The fourth-order valence-corrected chi connectivity index (χ4v) is 3.48. The Bertz CT molecular complexity index is 899. The number of amides is 1. The van der Waals surface area contributed by atoms with Gasteiger partial charge in [-0.25, -0.2) is 0 Å². The van der Waals surface area contributed by atoms with Crippen molar-refractivity contribution in [1.82, 2.24) is 20.5 Å². The van der Waals surface area contributed by atoms with Crippen LogP contribution in [0.1, 0.15) is 18.5 Å². The highest BCUT2D eigenvalue weighted by molar-refractivity contribution is 5.79. The zero-order chi connectivity index (χ0) is 19.2. The molecule has 0 saturated carbocycles. The summed E-state index contributed by atoms with van der Waals surface area (Å²) >= 11 is 0. The van der Waals surface area contributed by atoms with Gasteiger partial charge in [-0.3, -0.25) is 9.78 Å². The first-order valence-corrected chi connectivity index (χ1v) is 9.61. The van der Waals surface area contributed by atoms with Crippen molar-refractivity contribution in [1.29, 1.82) is 0 Å². The number of aromatic nitrogens is 3. The molecule has 4 rings (SSSR count). The third-order valence-electron chi connectivity index (χ3n) is 5.01. The molecule has 28 heavy (non-hydrogen) atoms. The number of carbonyl (C=O) groups is 1. The molecule has 3 aromatic rings. The number of nitrogens with one attached hydrogen (secondary N) is 1. The summed E-state index contributed by atoms with van der Waals surface area (Å²) in [7, 11) is 0. The second-order valence-corrected chi connectivity index (χ2v) is 6.97. The maximum atomic E-state index is 12.6. The maximum Gasteiger partial charge on any atom is 0.225 e. The van der Waals surface area contributed by atoms with Gasteiger partial charge in [0.25, 0.3) is 0 Å². The van der Waals surface area contributed by atoms with Crippen LogP contribution in [0.15, 0.2) is 66.9 Å². The van der Waals surface area contributed by atoms with Gasteiger partial charge in [-0.1, -0.05) is 36.4 Å². The molecule has 0 bridgehead atoms. The summed E-state index contributed by atoms with van der Waals surface area (Å²) < 4.78 is 0. The molecule has 1 atom stereocenters. The van der Waals surface area contributed by atoms with Gasteiger partial charge in [-0.2, -0.15) is 0 Å². The van der Waals surface area contributed by atoms with E-state index in [-0.39, 0.29) is 11.8 Å². The van der Waals surface area contributed by atoms with E-state index in [1.165, 1.54) is 0 Å². The zero-order valence-corrected chi connectivity index (χ0v) is 15.7. The lowest BCUT2D eigenvalue weighted by Crippen LogP contribution is -2.43. The molecule has 0 aliphatic carbocycles. The SMILES string of the molecule is O=C(NCc1ccccn1)C1CCCN(c2ccc(-c3ccccc3)nn2)C1. The highest BCUT2D eigenvalue weighted by Gasteiger charge is 2.26. The number of rotatable bonds is 5. The van der Waals surface area contributed by atoms with E-state index in [4.69, 9.17) is 0 Å². The second kappa shape index (κ2) is 8.61. The summed E-state index contributed by atoms with van der Waals surface area (Å²) in [5, 5.41) is 11.8. The molecule has 6 heteroatoms. The minimum absolute atomic E-state index is 0.0481. The van der Waals surface area contributed by atoms with Crippen molar-refractivity contribution in [3.8, 4) is 11.3 Å². The van der Waals surface area contributed by atoms with Gasteiger partial charge in [0, 0.05) is 24.8 Å². The minimum Gasteiger partial charge on any atom is -0.354 e. The van der Waals surface area contributed by atoms with Crippen molar-refractivity contribution in [2.75, 3.05) is 18.0 Å². The fraction of sp³-hybridized carbons (Fsp3) is 0.273. The van der Waals surface area contributed by atoms with Crippen LogP contribution in [-0.2, 0) is 11.3 Å². The minimum atomic E-state index is -0.0481. The molecule has 0 spiro atoms. The summed E-state index contributed by atoms with van der Waals surface area (Å²) in [4.78, 5) is 19.0. The van der Waals surface area contributed by atoms with Gasteiger partial charge in [0.05, 0.1) is 23.9 Å². The topological polar surface area (TPSA) is 71.0 Å². The van der Waals surface area contributed by atoms with Crippen molar-refractivity contribution in [2.24, 2.45) is 5.92 Å². The standard InChI is InChI=1S/C22H23N5O/c28-22(24-15-19-10-4-5-13-23-19)18-9-6-14-27(16-18)21-12-11-20(25-26-21)17-7-2-1-3-8-17/h1-5,7-8,10-13,18H,6,9,14-16H2,(H,24,28). The quantitative estimate of drug-likeness (QED) is 0.744. The average Bonchev–Trinajstić information content (AvgIpc) is 2.79. The van der Waals surface area contributed by atoms with E-state index in [1.807, 2.05) is 60.7 Å². The Morgan fingerprint density at radius 2 is 1.89 bits per heavy atom. The Labute approximate surface area is 164 Å². The first-order valence-electron chi connectivity index (χ1n) is 9.61. The van der Waals surface area contributed by atoms with Gasteiger partial charge < -0.3 is 10.2 Å². The Morgan fingerprint density at radius 3 is 2.64 bits per heavy atom. The lowest BCUT2D eigenvalue weighted by atomic mass is 9.97. The van der Waals surface area contributed by atoms with Gasteiger partial charge in [0.2, 0.25) is 5.91 Å². The van der Waals surface area contributed by atoms with Crippen LogP contribution in [0.5, 0.6) is 0 Å². The monoisotopic (exact) mass is 373 g/mol. The molecule has 1 saturated heterocycles. The highest BCUT2D eigenvalue weighted by atomic mass is 16.1. The first kappa shape index (κ1) is 18.1. The number of hydrogen-bond acceptors (Lipinski definition) is 5. The predicted molar refractivity (Wildman–Crippen MR) is 108 cm³/mol. The number of piperidine rings is 1. The normalized spacial score (nSPS) is 16.6.